The van der Waals surface area contributed by atoms with Crippen LogP contribution in [0.1, 0.15) is 28.2 Å². The lowest BCUT2D eigenvalue weighted by atomic mass is 10.1. The van der Waals surface area contributed by atoms with Crippen LogP contribution in [0.3, 0.4) is 0 Å². The first kappa shape index (κ1) is 14.9. The van der Waals surface area contributed by atoms with Gasteiger partial charge in [0.05, 0.1) is 15.3 Å². The molecule has 0 fully saturated rings. The summed E-state index contributed by atoms with van der Waals surface area (Å²) in [5, 5.41) is 0. The molecule has 1 atom stereocenters. The number of carbonyl (C=O) groups is 1. The summed E-state index contributed by atoms with van der Waals surface area (Å²) < 4.78 is 26.7. The zero-order chi connectivity index (χ0) is 14.9. The largest absolute Gasteiger partial charge is 0.334 e. The molecule has 0 radical (unpaired) electrons. The van der Waals surface area contributed by atoms with Crippen LogP contribution >= 0.6 is 22.9 Å². The Kier molecular flexibility index (Phi) is 4.40. The maximum atomic E-state index is 13.2. The van der Waals surface area contributed by atoms with Crippen molar-refractivity contribution in [2.45, 2.75) is 13.0 Å². The monoisotopic (exact) mass is 315 g/mol. The van der Waals surface area contributed by atoms with Crippen molar-refractivity contribution >= 4 is 28.8 Å². The predicted octanol–water partition coefficient (Wildman–Crippen LogP) is 4.51. The highest BCUT2D eigenvalue weighted by Gasteiger charge is 2.21. The molecule has 1 amide bonds. The molecule has 2 rings (SSSR count). The van der Waals surface area contributed by atoms with Gasteiger partial charge in [-0.25, -0.2) is 8.78 Å². The second-order valence-corrected chi connectivity index (χ2v) is 6.08. The summed E-state index contributed by atoms with van der Waals surface area (Å²) in [7, 11) is 1.61. The first-order valence-corrected chi connectivity index (χ1v) is 7.07. The fourth-order valence-electron chi connectivity index (χ4n) is 1.77. The average Bonchev–Trinajstić information content (AvgIpc) is 2.86. The molecule has 0 saturated heterocycles. The summed E-state index contributed by atoms with van der Waals surface area (Å²) in [6.07, 6.45) is 0. The van der Waals surface area contributed by atoms with E-state index in [-0.39, 0.29) is 11.9 Å². The first-order valence-electron chi connectivity index (χ1n) is 5.87. The number of halogens is 3. The van der Waals surface area contributed by atoms with Crippen LogP contribution in [0.25, 0.3) is 0 Å². The van der Waals surface area contributed by atoms with E-state index in [0.717, 1.165) is 12.1 Å². The molecule has 106 valence electrons. The van der Waals surface area contributed by atoms with Gasteiger partial charge in [-0.05, 0) is 36.8 Å². The Morgan fingerprint density at radius 3 is 2.50 bits per heavy atom. The fourth-order valence-corrected chi connectivity index (χ4v) is 2.80. The Labute approximate surface area is 124 Å². The molecular formula is C14H12ClF2NOS. The number of hydrogen-bond donors (Lipinski definition) is 0. The minimum Gasteiger partial charge on any atom is -0.334 e. The van der Waals surface area contributed by atoms with Crippen molar-refractivity contribution in [3.8, 4) is 0 Å². The smallest absolute Gasteiger partial charge is 0.264 e. The van der Waals surface area contributed by atoms with Gasteiger partial charge in [0.1, 0.15) is 0 Å². The molecule has 6 heteroatoms. The van der Waals surface area contributed by atoms with Crippen molar-refractivity contribution in [1.82, 2.24) is 4.90 Å². The zero-order valence-corrected chi connectivity index (χ0v) is 12.4. The minimum atomic E-state index is -0.922. The van der Waals surface area contributed by atoms with Gasteiger partial charge in [0.25, 0.3) is 5.91 Å². The Morgan fingerprint density at radius 1 is 1.25 bits per heavy atom. The van der Waals surface area contributed by atoms with Crippen molar-refractivity contribution in [3.63, 3.8) is 0 Å². The van der Waals surface area contributed by atoms with Crippen LogP contribution in [0, 0.1) is 11.6 Å². The van der Waals surface area contributed by atoms with Crippen LogP contribution in [0.2, 0.25) is 4.34 Å². The normalized spacial score (nSPS) is 12.2. The van der Waals surface area contributed by atoms with Crippen LogP contribution < -0.4 is 0 Å². The zero-order valence-electron chi connectivity index (χ0n) is 10.9. The first-order chi connectivity index (χ1) is 9.40. The van der Waals surface area contributed by atoms with Gasteiger partial charge in [0.2, 0.25) is 0 Å². The van der Waals surface area contributed by atoms with E-state index >= 15 is 0 Å². The minimum absolute atomic E-state index is 0.209. The van der Waals surface area contributed by atoms with Gasteiger partial charge in [0, 0.05) is 7.05 Å². The molecule has 0 bridgehead atoms. The van der Waals surface area contributed by atoms with Crippen LogP contribution in [0.15, 0.2) is 30.3 Å². The van der Waals surface area contributed by atoms with E-state index < -0.39 is 11.6 Å². The molecule has 0 aliphatic heterocycles. The van der Waals surface area contributed by atoms with E-state index in [1.807, 2.05) is 0 Å². The second kappa shape index (κ2) is 5.89. The molecule has 1 unspecified atom stereocenters. The van der Waals surface area contributed by atoms with Crippen molar-refractivity contribution in [2.24, 2.45) is 0 Å². The molecule has 0 N–H and O–H groups in total. The number of amides is 1. The molecule has 2 nitrogen and oxygen atoms in total. The number of carbonyl (C=O) groups excluding carboxylic acids is 1. The Balaban J connectivity index is 2.21. The molecule has 1 aromatic carbocycles. The summed E-state index contributed by atoms with van der Waals surface area (Å²) in [6.45, 7) is 1.75. The number of rotatable bonds is 3. The van der Waals surface area contributed by atoms with E-state index in [0.29, 0.717) is 14.8 Å². The van der Waals surface area contributed by atoms with Gasteiger partial charge in [-0.1, -0.05) is 17.7 Å². The lowest BCUT2D eigenvalue weighted by molar-refractivity contribution is 0.0747. The van der Waals surface area contributed by atoms with Crippen LogP contribution in [0.4, 0.5) is 8.78 Å². The molecule has 0 aliphatic rings. The highest BCUT2D eigenvalue weighted by Crippen LogP contribution is 2.26. The number of thiophene rings is 1. The summed E-state index contributed by atoms with van der Waals surface area (Å²) in [6, 6.07) is 6.54. The van der Waals surface area contributed by atoms with Gasteiger partial charge in [0.15, 0.2) is 11.6 Å². The third-order valence-electron chi connectivity index (χ3n) is 3.11. The third kappa shape index (κ3) is 2.99. The van der Waals surface area contributed by atoms with Gasteiger partial charge in [-0.15, -0.1) is 11.3 Å². The molecule has 20 heavy (non-hydrogen) atoms. The lowest BCUT2D eigenvalue weighted by Gasteiger charge is -2.25. The third-order valence-corrected chi connectivity index (χ3v) is 4.33. The molecule has 1 heterocycles. The van der Waals surface area contributed by atoms with Gasteiger partial charge >= 0.3 is 0 Å². The summed E-state index contributed by atoms with van der Waals surface area (Å²) in [5.41, 5.74) is 0.530. The lowest BCUT2D eigenvalue weighted by Crippen LogP contribution is -2.29. The molecule has 2 aromatic rings. The highest BCUT2D eigenvalue weighted by molar-refractivity contribution is 7.17. The predicted molar refractivity (Wildman–Crippen MR) is 76.2 cm³/mol. The van der Waals surface area contributed by atoms with Crippen molar-refractivity contribution in [3.05, 3.63) is 56.7 Å². The molecule has 0 aliphatic carbocycles. The van der Waals surface area contributed by atoms with E-state index in [1.54, 1.807) is 26.1 Å². The average molecular weight is 316 g/mol. The quantitative estimate of drug-likeness (QED) is 0.816. The molecule has 1 aromatic heterocycles. The molecule has 0 saturated carbocycles. The summed E-state index contributed by atoms with van der Waals surface area (Å²) in [5.74, 6) is -2.03. The van der Waals surface area contributed by atoms with Crippen LogP contribution in [0.5, 0.6) is 0 Å². The number of hydrogen-bond acceptors (Lipinski definition) is 2. The number of nitrogens with zero attached hydrogens (tertiary/aromatic N) is 1. The van der Waals surface area contributed by atoms with Crippen LogP contribution in [-0.4, -0.2) is 17.9 Å². The van der Waals surface area contributed by atoms with Crippen molar-refractivity contribution < 1.29 is 13.6 Å². The molecular weight excluding hydrogens is 304 g/mol. The maximum Gasteiger partial charge on any atom is 0.264 e. The maximum absolute atomic E-state index is 13.2. The van der Waals surface area contributed by atoms with Crippen molar-refractivity contribution in [1.29, 1.82) is 0 Å². The summed E-state index contributed by atoms with van der Waals surface area (Å²) >= 11 is 6.98. The Hall–Kier alpha value is -1.46. The van der Waals surface area contributed by atoms with E-state index in [1.165, 1.54) is 22.3 Å². The fraction of sp³-hybridized carbons (Fsp3) is 0.214. The SMILES string of the molecule is CC(c1ccc(F)c(F)c1)N(C)C(=O)c1ccc(Cl)s1. The standard InChI is InChI=1S/C14H12ClF2NOS/c1-8(9-3-4-10(16)11(17)7-9)18(2)14(19)12-5-6-13(15)20-12/h3-8H,1-2H3. The second-order valence-electron chi connectivity index (χ2n) is 4.37. The van der Waals surface area contributed by atoms with E-state index in [2.05, 4.69) is 0 Å². The highest BCUT2D eigenvalue weighted by atomic mass is 35.5. The summed E-state index contributed by atoms with van der Waals surface area (Å²) in [4.78, 5) is 14.2. The topological polar surface area (TPSA) is 20.3 Å². The van der Waals surface area contributed by atoms with Gasteiger partial charge in [-0.2, -0.15) is 0 Å². The van der Waals surface area contributed by atoms with Gasteiger partial charge < -0.3 is 4.90 Å². The number of benzene rings is 1. The molecule has 0 spiro atoms. The van der Waals surface area contributed by atoms with E-state index in [9.17, 15) is 13.6 Å². The van der Waals surface area contributed by atoms with Crippen molar-refractivity contribution in [2.75, 3.05) is 7.05 Å². The van der Waals surface area contributed by atoms with Gasteiger partial charge in [-0.3, -0.25) is 4.79 Å². The Morgan fingerprint density at radius 2 is 1.95 bits per heavy atom. The Bertz CT molecular complexity index is 644. The van der Waals surface area contributed by atoms with E-state index in [4.69, 9.17) is 11.6 Å². The van der Waals surface area contributed by atoms with Crippen LogP contribution in [-0.2, 0) is 0 Å².